The Labute approximate surface area is 343 Å². The van der Waals surface area contributed by atoms with Crippen molar-refractivity contribution in [2.75, 3.05) is 30.3 Å². The van der Waals surface area contributed by atoms with E-state index >= 15 is 0 Å². The van der Waals surface area contributed by atoms with Crippen LogP contribution in [0.5, 0.6) is 5.75 Å². The molecule has 61 heavy (non-hydrogen) atoms. The van der Waals surface area contributed by atoms with Gasteiger partial charge in [0.2, 0.25) is 27.2 Å². The number of rotatable bonds is 17. The average Bonchev–Trinajstić information content (AvgIpc) is 3.16. The molecule has 1 amide bonds. The highest BCUT2D eigenvalue weighted by molar-refractivity contribution is 7.90. The van der Waals surface area contributed by atoms with Gasteiger partial charge in [-0.05, 0) is 61.2 Å². The van der Waals surface area contributed by atoms with Gasteiger partial charge >= 0.3 is 33.2 Å². The van der Waals surface area contributed by atoms with Gasteiger partial charge in [-0.25, -0.2) is 31.1 Å². The Kier molecular flexibility index (Phi) is 13.5. The molecule has 4 aromatic carbocycles. The SMILES string of the molecule is Nc1ccc2c(-c3ccc(C(=O)NCCCCCC(=O)Oc4c(F)c(F)cc(F)c4F)cc3C(=O)O)c3ccc(N)c(S(=O)(=O)NCCCS(=O)(=O)O)c3[o+]c2c1S(=O)(=O)O. The quantitative estimate of drug-likeness (QED) is 0.00768. The van der Waals surface area contributed by atoms with Crippen LogP contribution in [0, 0.1) is 23.3 Å². The molecule has 0 spiro atoms. The number of amides is 1. The Morgan fingerprint density at radius 1 is 0.738 bits per heavy atom. The van der Waals surface area contributed by atoms with Crippen LogP contribution in [0.25, 0.3) is 33.1 Å². The van der Waals surface area contributed by atoms with E-state index in [0.717, 1.165) is 24.3 Å². The van der Waals surface area contributed by atoms with Crippen molar-refractivity contribution in [3.8, 4) is 16.9 Å². The number of unbranched alkanes of at least 4 members (excludes halogenated alkanes) is 2. The molecule has 0 aliphatic heterocycles. The van der Waals surface area contributed by atoms with Gasteiger partial charge in [-0.2, -0.15) is 25.6 Å². The van der Waals surface area contributed by atoms with E-state index in [1.54, 1.807) is 0 Å². The van der Waals surface area contributed by atoms with Crippen molar-refractivity contribution in [3.63, 3.8) is 0 Å². The fourth-order valence-corrected chi connectivity index (χ4v) is 8.72. The van der Waals surface area contributed by atoms with Crippen molar-refractivity contribution < 1.29 is 80.6 Å². The maximum absolute atomic E-state index is 13.8. The lowest BCUT2D eigenvalue weighted by Gasteiger charge is -2.14. The number of hydrogen-bond acceptors (Lipinski definition) is 12. The Morgan fingerprint density at radius 3 is 1.90 bits per heavy atom. The Balaban J connectivity index is 1.46. The van der Waals surface area contributed by atoms with Crippen molar-refractivity contribution in [3.05, 3.63) is 82.9 Å². The number of aromatic carboxylic acids is 1. The highest BCUT2D eigenvalue weighted by atomic mass is 32.2. The van der Waals surface area contributed by atoms with Gasteiger partial charge in [-0.15, -0.1) is 0 Å². The first-order valence-corrected chi connectivity index (χ1v) is 22.0. The predicted molar refractivity (Wildman–Crippen MR) is 208 cm³/mol. The molecule has 0 radical (unpaired) electrons. The molecule has 5 rings (SSSR count). The van der Waals surface area contributed by atoms with Gasteiger partial charge in [0.15, 0.2) is 11.6 Å². The van der Waals surface area contributed by atoms with Crippen LogP contribution in [0.1, 0.15) is 52.8 Å². The Morgan fingerprint density at radius 2 is 1.33 bits per heavy atom. The first-order chi connectivity index (χ1) is 28.4. The first kappa shape index (κ1) is 46.1. The summed E-state index contributed by atoms with van der Waals surface area (Å²) in [4.78, 5) is 36.1. The lowest BCUT2D eigenvalue weighted by atomic mass is 9.92. The van der Waals surface area contributed by atoms with Gasteiger partial charge in [-0.1, -0.05) is 12.5 Å². The molecular weight excluding hydrogens is 885 g/mol. The van der Waals surface area contributed by atoms with Gasteiger partial charge in [0.1, 0.15) is 0 Å². The largest absolute Gasteiger partial charge is 0.478 e. The third-order valence-corrected chi connectivity index (χ3v) is 12.1. The number of sulfonamides is 1. The second-order valence-electron chi connectivity index (χ2n) is 13.1. The number of nitrogens with two attached hydrogens (primary N) is 2. The highest BCUT2D eigenvalue weighted by Gasteiger charge is 2.37. The van der Waals surface area contributed by atoms with E-state index in [4.69, 9.17) is 20.4 Å². The molecule has 1 aromatic heterocycles. The fourth-order valence-electron chi connectivity index (χ4n) is 6.13. The summed E-state index contributed by atoms with van der Waals surface area (Å²) in [6.07, 6.45) is -0.311. The summed E-state index contributed by atoms with van der Waals surface area (Å²) in [5, 5.41) is 12.5. The van der Waals surface area contributed by atoms with Crippen LogP contribution < -0.4 is 26.2 Å². The predicted octanol–water partition coefficient (Wildman–Crippen LogP) is 4.65. The van der Waals surface area contributed by atoms with E-state index in [1.165, 1.54) is 18.2 Å². The van der Waals surface area contributed by atoms with Gasteiger partial charge in [0, 0.05) is 36.7 Å². The lowest BCUT2D eigenvalue weighted by Crippen LogP contribution is -2.27. The minimum atomic E-state index is -5.24. The van der Waals surface area contributed by atoms with E-state index in [-0.39, 0.29) is 59.3 Å². The van der Waals surface area contributed by atoms with Crippen LogP contribution in [0.4, 0.5) is 28.9 Å². The summed E-state index contributed by atoms with van der Waals surface area (Å²) in [6, 6.07) is 7.87. The van der Waals surface area contributed by atoms with Crippen LogP contribution in [-0.4, -0.2) is 76.2 Å². The molecule has 0 bridgehead atoms. The highest BCUT2D eigenvalue weighted by Crippen LogP contribution is 2.44. The van der Waals surface area contributed by atoms with E-state index in [2.05, 4.69) is 14.8 Å². The zero-order chi connectivity index (χ0) is 45.2. The monoisotopic (exact) mass is 917 g/mol. The summed E-state index contributed by atoms with van der Waals surface area (Å²) in [5.41, 5.74) is 8.39. The maximum Gasteiger partial charge on any atom is 0.384 e. The number of nitrogens with one attached hydrogen (secondary N) is 2. The van der Waals surface area contributed by atoms with Crippen LogP contribution in [0.2, 0.25) is 0 Å². The molecule has 0 saturated carbocycles. The van der Waals surface area contributed by atoms with Crippen LogP contribution >= 0.6 is 0 Å². The van der Waals surface area contributed by atoms with Gasteiger partial charge in [-0.3, -0.25) is 18.7 Å². The van der Waals surface area contributed by atoms with Gasteiger partial charge in [0.05, 0.1) is 33.5 Å². The van der Waals surface area contributed by atoms with Crippen molar-refractivity contribution in [1.82, 2.24) is 10.0 Å². The lowest BCUT2D eigenvalue weighted by molar-refractivity contribution is -0.135. The van der Waals surface area contributed by atoms with Crippen LogP contribution in [0.3, 0.4) is 0 Å². The van der Waals surface area contributed by atoms with E-state index in [0.29, 0.717) is 0 Å². The number of fused-ring (bicyclic) bond motifs is 2. The van der Waals surface area contributed by atoms with Crippen LogP contribution in [0.15, 0.2) is 62.7 Å². The zero-order valence-electron chi connectivity index (χ0n) is 31.0. The zero-order valence-corrected chi connectivity index (χ0v) is 33.4. The number of nitrogen functional groups attached to an aromatic ring is 2. The molecule has 0 fully saturated rings. The van der Waals surface area contributed by atoms with E-state index in [9.17, 15) is 66.9 Å². The summed E-state index contributed by atoms with van der Waals surface area (Å²) in [5.74, 6) is -13.2. The molecule has 9 N–H and O–H groups in total. The molecule has 0 aliphatic rings. The Hall–Kier alpha value is -5.99. The summed E-state index contributed by atoms with van der Waals surface area (Å²) >= 11 is 0. The number of anilines is 2. The topological polar surface area (TPSA) is 311 Å². The number of carboxylic acids is 1. The second-order valence-corrected chi connectivity index (χ2v) is 17.7. The van der Waals surface area contributed by atoms with E-state index in [1.807, 2.05) is 0 Å². The number of carbonyl (C=O) groups excluding carboxylic acids is 2. The third kappa shape index (κ3) is 10.3. The number of carboxylic acid groups (broad SMARTS) is 1. The Bertz CT molecular complexity index is 2950. The molecule has 25 heteroatoms. The number of esters is 1. The number of halogens is 4. The van der Waals surface area contributed by atoms with Crippen LogP contribution in [-0.2, 0) is 35.1 Å². The van der Waals surface area contributed by atoms with Crippen molar-refractivity contribution in [2.24, 2.45) is 0 Å². The molecule has 0 unspecified atom stereocenters. The maximum atomic E-state index is 13.8. The molecule has 1 heterocycles. The molecular formula is C36H33F4N4O14S3+. The normalized spacial score (nSPS) is 12.2. The minimum absolute atomic E-state index is 0.0335. The average molecular weight is 918 g/mol. The molecule has 326 valence electrons. The summed E-state index contributed by atoms with van der Waals surface area (Å²) in [7, 11) is -14.5. The number of benzene rings is 4. The minimum Gasteiger partial charge on any atom is -0.478 e. The second kappa shape index (κ2) is 17.9. The molecule has 0 atom stereocenters. The first-order valence-electron chi connectivity index (χ1n) is 17.4. The van der Waals surface area contributed by atoms with Crippen molar-refractivity contribution in [2.45, 2.75) is 41.9 Å². The van der Waals surface area contributed by atoms with Crippen molar-refractivity contribution >= 4 is 81.4 Å². The number of carbonyl (C=O) groups is 3. The van der Waals surface area contributed by atoms with E-state index < -0.39 is 140 Å². The third-order valence-electron chi connectivity index (χ3n) is 8.84. The molecule has 0 saturated heterocycles. The molecule has 5 aromatic rings. The van der Waals surface area contributed by atoms with Gasteiger partial charge < -0.3 is 26.6 Å². The van der Waals surface area contributed by atoms with Crippen molar-refractivity contribution in [1.29, 1.82) is 0 Å². The summed E-state index contributed by atoms with van der Waals surface area (Å²) in [6.45, 7) is -0.580. The number of hydrogen-bond donors (Lipinski definition) is 7. The number of ether oxygens (including phenoxy) is 1. The van der Waals surface area contributed by atoms with Gasteiger partial charge in [0.25, 0.3) is 26.0 Å². The standard InChI is InChI=1S/C36H32F4N4O14S3/c37-22-16-23(38)29(40)32(28(22)39)57-26(45)5-2-1-3-12-43-35(46)17-6-7-18(21(15-17)36(47)48)27-19-8-10-24(41)33(60(52,53)44-13-4-14-59(49,50)51)30(19)58-31-20(27)9-11-25(42)34(31)61(54,55)56/h6-11,15-16,44H,1-5,12-14,41-42H2,(H3-,43,46,47,48,49,50,51,54,55,56)/p+1. The smallest absolute Gasteiger partial charge is 0.384 e. The molecule has 18 nitrogen and oxygen atoms in total. The summed E-state index contributed by atoms with van der Waals surface area (Å²) < 4.78 is 161. The molecule has 0 aliphatic carbocycles. The fraction of sp³-hybridized carbons (Fsp3) is 0.222.